The molecule has 14 heavy (non-hydrogen) atoms. The monoisotopic (exact) mass is 217 g/mol. The maximum Gasteiger partial charge on any atom is 0.139 e. The minimum atomic E-state index is -0.180. The highest BCUT2D eigenvalue weighted by Crippen LogP contribution is 2.16. The summed E-state index contributed by atoms with van der Waals surface area (Å²) in [5.41, 5.74) is -0.180. The van der Waals surface area contributed by atoms with Crippen LogP contribution in [0, 0.1) is 5.41 Å². The van der Waals surface area contributed by atoms with Gasteiger partial charge in [0, 0.05) is 30.7 Å². The van der Waals surface area contributed by atoms with E-state index >= 15 is 0 Å². The maximum atomic E-state index is 11.6. The third-order valence-electron chi connectivity index (χ3n) is 2.23. The fourth-order valence-corrected chi connectivity index (χ4v) is 1.52. The molecule has 0 amide bonds. The van der Waals surface area contributed by atoms with Crippen LogP contribution in [-0.2, 0) is 4.79 Å². The number of nitrogens with zero attached hydrogens (tertiary/aromatic N) is 1. The summed E-state index contributed by atoms with van der Waals surface area (Å²) in [6.07, 6.45) is 2.78. The van der Waals surface area contributed by atoms with E-state index in [1.807, 2.05) is 32.5 Å². The molecule has 0 atom stereocenters. The minimum absolute atomic E-state index is 0.180. The average Bonchev–Trinajstić information content (AvgIpc) is 2.09. The van der Waals surface area contributed by atoms with Crippen molar-refractivity contribution in [1.82, 2.24) is 4.90 Å². The lowest BCUT2D eigenvalue weighted by molar-refractivity contribution is -0.126. The van der Waals surface area contributed by atoms with Crippen molar-refractivity contribution in [1.29, 1.82) is 0 Å². The van der Waals surface area contributed by atoms with Gasteiger partial charge in [-0.05, 0) is 13.3 Å². The Labute approximate surface area is 92.4 Å². The molecular formula is C11H23NOS. The largest absolute Gasteiger partial charge is 0.305 e. The number of carbonyl (C=O) groups excluding carboxylic acids is 1. The Balaban J connectivity index is 3.67. The third kappa shape index (κ3) is 6.44. The van der Waals surface area contributed by atoms with Crippen LogP contribution in [0.5, 0.6) is 0 Å². The predicted octanol–water partition coefficient (Wildman–Crippen LogP) is 2.29. The van der Waals surface area contributed by atoms with Gasteiger partial charge in [-0.15, -0.1) is 0 Å². The summed E-state index contributed by atoms with van der Waals surface area (Å²) in [5.74, 6) is 1.49. The second kappa shape index (κ2) is 6.46. The molecule has 0 aromatic rings. The predicted molar refractivity (Wildman–Crippen MR) is 65.0 cm³/mol. The van der Waals surface area contributed by atoms with Crippen LogP contribution in [0.2, 0.25) is 0 Å². The van der Waals surface area contributed by atoms with Crippen molar-refractivity contribution >= 4 is 17.5 Å². The number of carbonyl (C=O) groups is 1. The smallest absolute Gasteiger partial charge is 0.139 e. The van der Waals surface area contributed by atoms with E-state index in [1.54, 1.807) is 0 Å². The molecule has 0 fully saturated rings. The lowest BCUT2D eigenvalue weighted by Gasteiger charge is -2.20. The summed E-state index contributed by atoms with van der Waals surface area (Å²) >= 11 is 1.84. The van der Waals surface area contributed by atoms with Crippen LogP contribution in [0.15, 0.2) is 0 Å². The fraction of sp³-hybridized carbons (Fsp3) is 0.909. The fourth-order valence-electron chi connectivity index (χ4n) is 1.03. The highest BCUT2D eigenvalue weighted by molar-refractivity contribution is 7.98. The summed E-state index contributed by atoms with van der Waals surface area (Å²) in [6.45, 7) is 7.90. The van der Waals surface area contributed by atoms with Crippen LogP contribution in [-0.4, -0.2) is 42.8 Å². The molecule has 3 heteroatoms. The van der Waals surface area contributed by atoms with Crippen LogP contribution in [0.25, 0.3) is 0 Å². The standard InChI is InChI=1S/C11H23NOS/c1-11(2,3)10(13)6-7-12(4)8-9-14-5/h6-9H2,1-5H3. The van der Waals surface area contributed by atoms with E-state index in [-0.39, 0.29) is 5.41 Å². The Morgan fingerprint density at radius 3 is 2.29 bits per heavy atom. The Bertz CT molecular complexity index is 175. The van der Waals surface area contributed by atoms with E-state index in [4.69, 9.17) is 0 Å². The van der Waals surface area contributed by atoms with Gasteiger partial charge < -0.3 is 4.90 Å². The lowest BCUT2D eigenvalue weighted by Crippen LogP contribution is -2.28. The first-order valence-corrected chi connectivity index (χ1v) is 6.48. The first-order valence-electron chi connectivity index (χ1n) is 5.08. The van der Waals surface area contributed by atoms with Gasteiger partial charge >= 0.3 is 0 Å². The van der Waals surface area contributed by atoms with Crippen molar-refractivity contribution in [3.63, 3.8) is 0 Å². The SMILES string of the molecule is CSCCN(C)CCC(=O)C(C)(C)C. The van der Waals surface area contributed by atoms with Gasteiger partial charge in [0.05, 0.1) is 0 Å². The molecule has 0 rings (SSSR count). The van der Waals surface area contributed by atoms with E-state index in [2.05, 4.69) is 18.2 Å². The molecule has 0 saturated carbocycles. The van der Waals surface area contributed by atoms with E-state index in [1.165, 1.54) is 0 Å². The highest BCUT2D eigenvalue weighted by Gasteiger charge is 2.20. The molecule has 0 spiro atoms. The number of Topliss-reactive ketones (excluding diaryl/α,β-unsaturated/α-hetero) is 1. The molecule has 0 aliphatic carbocycles. The quantitative estimate of drug-likeness (QED) is 0.681. The summed E-state index contributed by atoms with van der Waals surface area (Å²) in [5, 5.41) is 0. The molecule has 0 saturated heterocycles. The maximum absolute atomic E-state index is 11.6. The Kier molecular flexibility index (Phi) is 6.45. The van der Waals surface area contributed by atoms with Crippen molar-refractivity contribution < 1.29 is 4.79 Å². The van der Waals surface area contributed by atoms with Crippen molar-refractivity contribution in [3.05, 3.63) is 0 Å². The van der Waals surface area contributed by atoms with Crippen LogP contribution >= 0.6 is 11.8 Å². The normalized spacial score (nSPS) is 12.1. The van der Waals surface area contributed by atoms with Crippen molar-refractivity contribution in [2.45, 2.75) is 27.2 Å². The van der Waals surface area contributed by atoms with Crippen molar-refractivity contribution in [3.8, 4) is 0 Å². The summed E-state index contributed by atoms with van der Waals surface area (Å²) in [6, 6.07) is 0. The third-order valence-corrected chi connectivity index (χ3v) is 2.83. The molecule has 0 aromatic carbocycles. The topological polar surface area (TPSA) is 20.3 Å². The number of ketones is 1. The summed E-state index contributed by atoms with van der Waals surface area (Å²) < 4.78 is 0. The zero-order chi connectivity index (χ0) is 11.2. The van der Waals surface area contributed by atoms with Crippen LogP contribution in [0.4, 0.5) is 0 Å². The number of hydrogen-bond donors (Lipinski definition) is 0. The van der Waals surface area contributed by atoms with Crippen molar-refractivity contribution in [2.24, 2.45) is 5.41 Å². The number of rotatable bonds is 6. The molecule has 0 radical (unpaired) electrons. The second-order valence-corrected chi connectivity index (χ2v) is 5.70. The first kappa shape index (κ1) is 14.0. The second-order valence-electron chi connectivity index (χ2n) is 4.72. The van der Waals surface area contributed by atoms with Gasteiger partial charge in [-0.1, -0.05) is 20.8 Å². The van der Waals surface area contributed by atoms with E-state index in [9.17, 15) is 4.79 Å². The Morgan fingerprint density at radius 1 is 1.29 bits per heavy atom. The van der Waals surface area contributed by atoms with Gasteiger partial charge in [0.15, 0.2) is 0 Å². The van der Waals surface area contributed by atoms with Gasteiger partial charge in [-0.2, -0.15) is 11.8 Å². The van der Waals surface area contributed by atoms with Gasteiger partial charge in [-0.3, -0.25) is 4.79 Å². The number of hydrogen-bond acceptors (Lipinski definition) is 3. The van der Waals surface area contributed by atoms with Gasteiger partial charge in [-0.25, -0.2) is 0 Å². The Morgan fingerprint density at radius 2 is 1.86 bits per heavy atom. The summed E-state index contributed by atoms with van der Waals surface area (Å²) in [4.78, 5) is 13.8. The highest BCUT2D eigenvalue weighted by atomic mass is 32.2. The molecule has 0 aliphatic rings. The Hall–Kier alpha value is -0.0200. The zero-order valence-corrected chi connectivity index (χ0v) is 10.9. The first-order chi connectivity index (χ1) is 6.38. The zero-order valence-electron chi connectivity index (χ0n) is 10.1. The molecule has 0 N–H and O–H groups in total. The van der Waals surface area contributed by atoms with Crippen LogP contribution in [0.3, 0.4) is 0 Å². The van der Waals surface area contributed by atoms with Crippen molar-refractivity contribution in [2.75, 3.05) is 32.1 Å². The minimum Gasteiger partial charge on any atom is -0.305 e. The van der Waals surface area contributed by atoms with Crippen LogP contribution in [0.1, 0.15) is 27.2 Å². The van der Waals surface area contributed by atoms with E-state index in [0.717, 1.165) is 18.8 Å². The molecule has 0 aliphatic heterocycles. The summed E-state index contributed by atoms with van der Waals surface area (Å²) in [7, 11) is 2.08. The molecule has 2 nitrogen and oxygen atoms in total. The lowest BCUT2D eigenvalue weighted by atomic mass is 9.89. The average molecular weight is 217 g/mol. The van der Waals surface area contributed by atoms with Gasteiger partial charge in [0.25, 0.3) is 0 Å². The van der Waals surface area contributed by atoms with Crippen LogP contribution < -0.4 is 0 Å². The molecule has 0 bridgehead atoms. The van der Waals surface area contributed by atoms with E-state index < -0.39 is 0 Å². The molecule has 0 heterocycles. The van der Waals surface area contributed by atoms with Gasteiger partial charge in [0.1, 0.15) is 5.78 Å². The number of thioether (sulfide) groups is 1. The van der Waals surface area contributed by atoms with Gasteiger partial charge in [0.2, 0.25) is 0 Å². The molecular weight excluding hydrogens is 194 g/mol. The molecule has 0 unspecified atom stereocenters. The molecule has 84 valence electrons. The van der Waals surface area contributed by atoms with E-state index in [0.29, 0.717) is 12.2 Å². The molecule has 0 aromatic heterocycles.